The van der Waals surface area contributed by atoms with Crippen LogP contribution in [-0.2, 0) is 0 Å². The van der Waals surface area contributed by atoms with E-state index in [0.29, 0.717) is 10.6 Å². The number of aromatic nitrogens is 2. The van der Waals surface area contributed by atoms with Crippen LogP contribution in [0.2, 0.25) is 5.02 Å². The summed E-state index contributed by atoms with van der Waals surface area (Å²) in [5, 5.41) is 4.75. The van der Waals surface area contributed by atoms with E-state index in [9.17, 15) is 4.79 Å². The monoisotopic (exact) mass is 263 g/mol. The summed E-state index contributed by atoms with van der Waals surface area (Å²) in [4.78, 5) is 11.1. The molecule has 0 bridgehead atoms. The van der Waals surface area contributed by atoms with Gasteiger partial charge in [-0.15, -0.1) is 0 Å². The van der Waals surface area contributed by atoms with Crippen molar-refractivity contribution in [2.75, 3.05) is 0 Å². The molecule has 2 N–H and O–H groups in total. The fourth-order valence-corrected chi connectivity index (χ4v) is 2.09. The Morgan fingerprint density at radius 1 is 1.39 bits per heavy atom. The molecule has 0 unspecified atom stereocenters. The van der Waals surface area contributed by atoms with E-state index >= 15 is 0 Å². The van der Waals surface area contributed by atoms with E-state index in [1.165, 1.54) is 0 Å². The number of nitrogens with zero attached hydrogens (tertiary/aromatic N) is 2. The molecule has 0 fully saturated rings. The number of amides is 1. The molecule has 1 amide bonds. The quantitative estimate of drug-likeness (QED) is 0.926. The number of halogens is 1. The number of carbonyl (C=O) groups excluding carboxylic acids is 1. The van der Waals surface area contributed by atoms with Gasteiger partial charge in [0.25, 0.3) is 0 Å². The van der Waals surface area contributed by atoms with Gasteiger partial charge in [-0.3, -0.25) is 9.48 Å². The average molecular weight is 264 g/mol. The summed E-state index contributed by atoms with van der Waals surface area (Å²) in [5.74, 6) is -0.485. The Hall–Kier alpha value is -1.81. The zero-order valence-corrected chi connectivity index (χ0v) is 11.0. The lowest BCUT2D eigenvalue weighted by atomic mass is 10.1. The predicted octanol–water partition coefficient (Wildman–Crippen LogP) is 2.88. The van der Waals surface area contributed by atoms with Gasteiger partial charge in [0.1, 0.15) is 0 Å². The molecule has 0 saturated heterocycles. The van der Waals surface area contributed by atoms with Crippen LogP contribution in [0.1, 0.15) is 30.2 Å². The van der Waals surface area contributed by atoms with Crippen molar-refractivity contribution in [3.63, 3.8) is 0 Å². The predicted molar refractivity (Wildman–Crippen MR) is 71.6 cm³/mol. The van der Waals surface area contributed by atoms with Crippen LogP contribution in [0, 0.1) is 0 Å². The molecule has 0 saturated carbocycles. The van der Waals surface area contributed by atoms with E-state index in [1.807, 2.05) is 24.6 Å². The molecule has 2 rings (SSSR count). The second kappa shape index (κ2) is 4.82. The third-order valence-corrected chi connectivity index (χ3v) is 3.00. The maximum atomic E-state index is 11.1. The normalized spacial score (nSPS) is 10.9. The minimum Gasteiger partial charge on any atom is -0.366 e. The second-order valence-corrected chi connectivity index (χ2v) is 4.72. The maximum absolute atomic E-state index is 11.1. The Bertz CT molecular complexity index is 590. The molecule has 0 atom stereocenters. The fourth-order valence-electron chi connectivity index (χ4n) is 1.82. The first-order valence-electron chi connectivity index (χ1n) is 5.64. The van der Waals surface area contributed by atoms with E-state index in [4.69, 9.17) is 17.3 Å². The van der Waals surface area contributed by atoms with Crippen LogP contribution < -0.4 is 5.73 Å². The smallest absolute Gasteiger partial charge is 0.248 e. The fraction of sp³-hybridized carbons (Fsp3) is 0.231. The molecule has 0 spiro atoms. The molecule has 0 aliphatic heterocycles. The van der Waals surface area contributed by atoms with Gasteiger partial charge in [-0.2, -0.15) is 5.10 Å². The van der Waals surface area contributed by atoms with Crippen molar-refractivity contribution >= 4 is 17.5 Å². The summed E-state index contributed by atoms with van der Waals surface area (Å²) < 4.78 is 1.88. The van der Waals surface area contributed by atoms with Crippen LogP contribution in [0.4, 0.5) is 0 Å². The van der Waals surface area contributed by atoms with Gasteiger partial charge in [0.05, 0.1) is 10.7 Å². The molecule has 0 radical (unpaired) electrons. The molecule has 1 aromatic carbocycles. The zero-order chi connectivity index (χ0) is 13.3. The van der Waals surface area contributed by atoms with E-state index in [2.05, 4.69) is 5.10 Å². The number of primary amides is 1. The van der Waals surface area contributed by atoms with Gasteiger partial charge in [0, 0.05) is 23.4 Å². The van der Waals surface area contributed by atoms with Crippen molar-refractivity contribution in [2.24, 2.45) is 5.73 Å². The Morgan fingerprint density at radius 3 is 2.67 bits per heavy atom. The van der Waals surface area contributed by atoms with E-state index in [-0.39, 0.29) is 6.04 Å². The molecular weight excluding hydrogens is 250 g/mol. The summed E-state index contributed by atoms with van der Waals surface area (Å²) in [6.07, 6.45) is 1.73. The maximum Gasteiger partial charge on any atom is 0.248 e. The Kier molecular flexibility index (Phi) is 3.39. The number of hydrogen-bond acceptors (Lipinski definition) is 2. The summed E-state index contributed by atoms with van der Waals surface area (Å²) in [6, 6.07) is 7.17. The van der Waals surface area contributed by atoms with E-state index in [0.717, 1.165) is 11.3 Å². The van der Waals surface area contributed by atoms with Crippen molar-refractivity contribution in [3.05, 3.63) is 41.0 Å². The molecule has 0 aliphatic carbocycles. The van der Waals surface area contributed by atoms with Gasteiger partial charge in [-0.25, -0.2) is 0 Å². The van der Waals surface area contributed by atoms with Crippen LogP contribution in [0.3, 0.4) is 0 Å². The van der Waals surface area contributed by atoms with Crippen LogP contribution >= 0.6 is 11.6 Å². The number of nitrogens with two attached hydrogens (primary N) is 1. The standard InChI is InChI=1S/C13H14ClN3O/c1-8(2)17-12(5-6-16-17)10-4-3-9(13(15)18)7-11(10)14/h3-8H,1-2H3,(H2,15,18). The van der Waals surface area contributed by atoms with Crippen molar-refractivity contribution in [1.82, 2.24) is 9.78 Å². The minimum absolute atomic E-state index is 0.238. The lowest BCUT2D eigenvalue weighted by Crippen LogP contribution is -2.11. The van der Waals surface area contributed by atoms with Crippen molar-refractivity contribution < 1.29 is 4.79 Å². The van der Waals surface area contributed by atoms with Crippen LogP contribution in [0.15, 0.2) is 30.5 Å². The third kappa shape index (κ3) is 2.24. The summed E-state index contributed by atoms with van der Waals surface area (Å²) in [5.41, 5.74) is 7.38. The van der Waals surface area contributed by atoms with Gasteiger partial charge in [0.15, 0.2) is 0 Å². The van der Waals surface area contributed by atoms with Crippen molar-refractivity contribution in [1.29, 1.82) is 0 Å². The van der Waals surface area contributed by atoms with Gasteiger partial charge in [-0.1, -0.05) is 17.7 Å². The van der Waals surface area contributed by atoms with Crippen LogP contribution in [-0.4, -0.2) is 15.7 Å². The highest BCUT2D eigenvalue weighted by Gasteiger charge is 2.12. The lowest BCUT2D eigenvalue weighted by molar-refractivity contribution is 0.100. The molecule has 1 heterocycles. The molecule has 94 valence electrons. The first-order chi connectivity index (χ1) is 8.50. The van der Waals surface area contributed by atoms with Gasteiger partial charge >= 0.3 is 0 Å². The first kappa shape index (κ1) is 12.6. The topological polar surface area (TPSA) is 60.9 Å². The SMILES string of the molecule is CC(C)n1nccc1-c1ccc(C(N)=O)cc1Cl. The highest BCUT2D eigenvalue weighted by molar-refractivity contribution is 6.33. The van der Waals surface area contributed by atoms with Crippen LogP contribution in [0.5, 0.6) is 0 Å². The van der Waals surface area contributed by atoms with Crippen molar-refractivity contribution in [2.45, 2.75) is 19.9 Å². The minimum atomic E-state index is -0.485. The molecule has 1 aromatic heterocycles. The van der Waals surface area contributed by atoms with E-state index < -0.39 is 5.91 Å². The van der Waals surface area contributed by atoms with Gasteiger partial charge in [0.2, 0.25) is 5.91 Å². The van der Waals surface area contributed by atoms with Crippen molar-refractivity contribution in [3.8, 4) is 11.3 Å². The largest absolute Gasteiger partial charge is 0.366 e. The highest BCUT2D eigenvalue weighted by atomic mass is 35.5. The van der Waals surface area contributed by atoms with E-state index in [1.54, 1.807) is 24.4 Å². The summed E-state index contributed by atoms with van der Waals surface area (Å²) in [6.45, 7) is 4.09. The molecule has 18 heavy (non-hydrogen) atoms. The second-order valence-electron chi connectivity index (χ2n) is 4.31. The number of rotatable bonds is 3. The average Bonchev–Trinajstić information content (AvgIpc) is 2.77. The zero-order valence-electron chi connectivity index (χ0n) is 10.2. The number of hydrogen-bond donors (Lipinski definition) is 1. The first-order valence-corrected chi connectivity index (χ1v) is 6.01. The van der Waals surface area contributed by atoms with Crippen LogP contribution in [0.25, 0.3) is 11.3 Å². The lowest BCUT2D eigenvalue weighted by Gasteiger charge is -2.12. The molecule has 4 nitrogen and oxygen atoms in total. The Balaban J connectivity index is 2.51. The number of carbonyl (C=O) groups is 1. The molecule has 5 heteroatoms. The highest BCUT2D eigenvalue weighted by Crippen LogP contribution is 2.29. The molecular formula is C13H14ClN3O. The Morgan fingerprint density at radius 2 is 2.11 bits per heavy atom. The summed E-state index contributed by atoms with van der Waals surface area (Å²) >= 11 is 6.19. The number of benzene rings is 1. The van der Waals surface area contributed by atoms with Gasteiger partial charge in [-0.05, 0) is 32.0 Å². The molecule has 0 aliphatic rings. The third-order valence-electron chi connectivity index (χ3n) is 2.69. The van der Waals surface area contributed by atoms with Gasteiger partial charge < -0.3 is 5.73 Å². The Labute approximate surface area is 110 Å². The molecule has 2 aromatic rings. The summed E-state index contributed by atoms with van der Waals surface area (Å²) in [7, 11) is 0.